The van der Waals surface area contributed by atoms with Crippen LogP contribution in [0.5, 0.6) is 5.75 Å². The number of allylic oxidation sites excluding steroid dienone is 1. The van der Waals surface area contributed by atoms with E-state index in [9.17, 15) is 35.9 Å². The number of alkyl halides is 6. The fraction of sp³-hybridized carbons (Fsp3) is 0.524. The number of halogens is 7. The summed E-state index contributed by atoms with van der Waals surface area (Å²) < 4.78 is 99.7. The summed E-state index contributed by atoms with van der Waals surface area (Å²) >= 11 is 0. The average Bonchev–Trinajstić information content (AvgIpc) is 3.47. The van der Waals surface area contributed by atoms with Gasteiger partial charge in [-0.1, -0.05) is 6.08 Å². The van der Waals surface area contributed by atoms with E-state index in [1.165, 1.54) is 16.6 Å². The molecule has 2 atom stereocenters. The number of anilines is 2. The summed E-state index contributed by atoms with van der Waals surface area (Å²) in [5.74, 6) is -2.17. The van der Waals surface area contributed by atoms with E-state index in [0.29, 0.717) is 12.8 Å². The Morgan fingerprint density at radius 3 is 2.28 bits per heavy atom. The first-order valence-corrected chi connectivity index (χ1v) is 10.9. The molecule has 1 aromatic carbocycles. The van der Waals surface area contributed by atoms with Gasteiger partial charge in [-0.15, -0.1) is 0 Å². The first-order chi connectivity index (χ1) is 16.7. The van der Waals surface area contributed by atoms with Crippen LogP contribution in [0.3, 0.4) is 0 Å². The van der Waals surface area contributed by atoms with Gasteiger partial charge in [0.2, 0.25) is 0 Å². The molecule has 2 unspecified atom stereocenters. The number of nitrogen functional groups attached to an aromatic ring is 1. The minimum absolute atomic E-state index is 0.00530. The second-order valence-corrected chi connectivity index (χ2v) is 8.84. The zero-order chi connectivity index (χ0) is 26.7. The van der Waals surface area contributed by atoms with Crippen LogP contribution in [0.15, 0.2) is 21.2 Å². The summed E-state index contributed by atoms with van der Waals surface area (Å²) in [4.78, 5) is 28.4. The quantitative estimate of drug-likeness (QED) is 0.314. The topological polar surface area (TPSA) is 119 Å². The van der Waals surface area contributed by atoms with Crippen LogP contribution >= 0.6 is 0 Å². The molecule has 4 rings (SSSR count). The van der Waals surface area contributed by atoms with Crippen molar-refractivity contribution < 1.29 is 35.5 Å². The maximum absolute atomic E-state index is 15.5. The number of rotatable bonds is 5. The van der Waals surface area contributed by atoms with Gasteiger partial charge in [0.05, 0.1) is 18.2 Å². The highest BCUT2D eigenvalue weighted by atomic mass is 19.4. The number of nitrogens with two attached hydrogens (primary N) is 2. The van der Waals surface area contributed by atoms with E-state index in [1.54, 1.807) is 0 Å². The number of nitrogens with one attached hydrogen (secondary N) is 1. The number of aromatic amines is 1. The Bertz CT molecular complexity index is 1330. The van der Waals surface area contributed by atoms with Crippen molar-refractivity contribution in [2.24, 2.45) is 11.7 Å². The van der Waals surface area contributed by atoms with Gasteiger partial charge in [0.1, 0.15) is 16.8 Å². The van der Waals surface area contributed by atoms with Gasteiger partial charge in [-0.2, -0.15) is 26.3 Å². The number of ether oxygens (including phenoxy) is 1. The van der Waals surface area contributed by atoms with Gasteiger partial charge in [-0.05, 0) is 25.2 Å². The Kier molecular flexibility index (Phi) is 6.25. The molecule has 5 N–H and O–H groups in total. The summed E-state index contributed by atoms with van der Waals surface area (Å²) in [6.07, 6.45) is -10.1. The van der Waals surface area contributed by atoms with E-state index in [0.717, 1.165) is 0 Å². The van der Waals surface area contributed by atoms with Gasteiger partial charge < -0.3 is 21.1 Å². The van der Waals surface area contributed by atoms with Crippen LogP contribution in [0.4, 0.5) is 42.1 Å². The Balaban J connectivity index is 1.79. The zero-order valence-electron chi connectivity index (χ0n) is 18.8. The molecule has 1 saturated heterocycles. The number of hydrogen-bond acceptors (Lipinski definition) is 6. The zero-order valence-corrected chi connectivity index (χ0v) is 18.8. The standard InChI is InChI=1S/C21H22F7N5O3/c1-36-17-15-12(18(34)31-19(35)33(15)9-2-3-9)14(30)13(22)16(17)32-5-4-8(7-32)10(29)6-11(20(23,24)25)21(26,27)28/h6,8-10H,2-5,7,29-30H2,1H3,(H,31,34,35). The first kappa shape index (κ1) is 25.9. The normalized spacial score (nSPS) is 19.6. The predicted octanol–water partition coefficient (Wildman–Crippen LogP) is 2.96. The van der Waals surface area contributed by atoms with Crippen LogP contribution in [0.25, 0.3) is 10.9 Å². The van der Waals surface area contributed by atoms with Crippen LogP contribution in [-0.2, 0) is 0 Å². The van der Waals surface area contributed by atoms with Crippen molar-refractivity contribution in [1.82, 2.24) is 9.55 Å². The highest BCUT2D eigenvalue weighted by Crippen LogP contribution is 2.46. The molecule has 15 heteroatoms. The van der Waals surface area contributed by atoms with Crippen LogP contribution in [-0.4, -0.2) is 48.1 Å². The third kappa shape index (κ3) is 4.40. The second-order valence-electron chi connectivity index (χ2n) is 8.84. The number of nitrogens with zero attached hydrogens (tertiary/aromatic N) is 2. The Morgan fingerprint density at radius 1 is 1.14 bits per heavy atom. The van der Waals surface area contributed by atoms with Crippen LogP contribution in [0, 0.1) is 11.7 Å². The average molecular weight is 525 g/mol. The smallest absolute Gasteiger partial charge is 0.421 e. The molecule has 1 aliphatic carbocycles. The number of aromatic nitrogens is 2. The van der Waals surface area contributed by atoms with Crippen LogP contribution in [0.2, 0.25) is 0 Å². The van der Waals surface area contributed by atoms with Crippen molar-refractivity contribution in [1.29, 1.82) is 0 Å². The van der Waals surface area contributed by atoms with E-state index in [1.807, 2.05) is 0 Å². The van der Waals surface area contributed by atoms with E-state index in [-0.39, 0.29) is 54.0 Å². The molecule has 2 aromatic rings. The molecule has 2 fully saturated rings. The monoisotopic (exact) mass is 525 g/mol. The Labute approximate surface area is 198 Å². The van der Waals surface area contributed by atoms with Crippen LogP contribution < -0.4 is 32.4 Å². The van der Waals surface area contributed by atoms with Crippen molar-refractivity contribution in [2.75, 3.05) is 30.8 Å². The second kappa shape index (κ2) is 8.71. The van der Waals surface area contributed by atoms with E-state index >= 15 is 4.39 Å². The minimum atomic E-state index is -5.66. The lowest BCUT2D eigenvalue weighted by molar-refractivity contribution is -0.172. The van der Waals surface area contributed by atoms with Crippen molar-refractivity contribution in [3.63, 3.8) is 0 Å². The molecule has 2 aliphatic rings. The number of H-pyrrole nitrogens is 1. The summed E-state index contributed by atoms with van der Waals surface area (Å²) in [5.41, 5.74) is 6.39. The lowest BCUT2D eigenvalue weighted by Gasteiger charge is -2.26. The molecular formula is C21H22F7N5O3. The highest BCUT2D eigenvalue weighted by Gasteiger charge is 2.51. The number of fused-ring (bicyclic) bond motifs is 1. The maximum atomic E-state index is 15.5. The van der Waals surface area contributed by atoms with Crippen molar-refractivity contribution in [3.05, 3.63) is 38.3 Å². The first-order valence-electron chi connectivity index (χ1n) is 10.9. The third-order valence-corrected chi connectivity index (χ3v) is 6.46. The molecule has 0 bridgehead atoms. The molecule has 1 aliphatic heterocycles. The molecule has 2 heterocycles. The summed E-state index contributed by atoms with van der Waals surface area (Å²) in [5, 5.41) is -0.296. The molecular weight excluding hydrogens is 503 g/mol. The number of benzene rings is 1. The molecule has 0 amide bonds. The van der Waals surface area contributed by atoms with E-state index in [4.69, 9.17) is 16.2 Å². The molecule has 0 radical (unpaired) electrons. The van der Waals surface area contributed by atoms with Gasteiger partial charge >= 0.3 is 18.0 Å². The summed E-state index contributed by atoms with van der Waals surface area (Å²) in [6, 6.07) is -1.93. The Morgan fingerprint density at radius 2 is 1.75 bits per heavy atom. The van der Waals surface area contributed by atoms with Gasteiger partial charge in [0, 0.05) is 25.2 Å². The molecule has 36 heavy (non-hydrogen) atoms. The SMILES string of the molecule is COc1c(N2CCC(C(N)C=C(C(F)(F)F)C(F)(F)F)C2)c(F)c(N)c2c(=O)[nH]c(=O)n(C3CC3)c12. The van der Waals surface area contributed by atoms with Gasteiger partial charge in [0.15, 0.2) is 11.6 Å². The lowest BCUT2D eigenvalue weighted by Crippen LogP contribution is -2.35. The molecule has 198 valence electrons. The van der Waals surface area contributed by atoms with Crippen LogP contribution in [0.1, 0.15) is 25.3 Å². The minimum Gasteiger partial charge on any atom is -0.492 e. The summed E-state index contributed by atoms with van der Waals surface area (Å²) in [7, 11) is 1.18. The van der Waals surface area contributed by atoms with Gasteiger partial charge in [-0.3, -0.25) is 14.3 Å². The third-order valence-electron chi connectivity index (χ3n) is 6.46. The molecule has 1 saturated carbocycles. The van der Waals surface area contributed by atoms with Crippen molar-refractivity contribution in [2.45, 2.75) is 43.7 Å². The number of hydrogen-bond donors (Lipinski definition) is 3. The van der Waals surface area contributed by atoms with E-state index in [2.05, 4.69) is 4.98 Å². The molecule has 8 nitrogen and oxygen atoms in total. The lowest BCUT2D eigenvalue weighted by atomic mass is 9.97. The van der Waals surface area contributed by atoms with Crippen molar-refractivity contribution in [3.8, 4) is 5.75 Å². The van der Waals surface area contributed by atoms with E-state index < -0.39 is 52.6 Å². The molecule has 0 spiro atoms. The number of methoxy groups -OCH3 is 1. The maximum Gasteiger partial charge on any atom is 0.421 e. The highest BCUT2D eigenvalue weighted by molar-refractivity contribution is 5.99. The van der Waals surface area contributed by atoms with Gasteiger partial charge in [0.25, 0.3) is 5.56 Å². The molecule has 1 aromatic heterocycles. The fourth-order valence-corrected chi connectivity index (χ4v) is 4.61. The largest absolute Gasteiger partial charge is 0.492 e. The fourth-order valence-electron chi connectivity index (χ4n) is 4.61. The predicted molar refractivity (Wildman–Crippen MR) is 117 cm³/mol. The van der Waals surface area contributed by atoms with Gasteiger partial charge in [-0.25, -0.2) is 9.18 Å². The summed E-state index contributed by atoms with van der Waals surface area (Å²) in [6.45, 7) is -0.232. The Hall–Kier alpha value is -3.23. The van der Waals surface area contributed by atoms with Crippen molar-refractivity contribution >= 4 is 22.3 Å².